The highest BCUT2D eigenvalue weighted by molar-refractivity contribution is 6.60. The van der Waals surface area contributed by atoms with Gasteiger partial charge in [0.25, 0.3) is 0 Å². The predicted molar refractivity (Wildman–Crippen MR) is 224 cm³/mol. The summed E-state index contributed by atoms with van der Waals surface area (Å²) in [5.41, 5.74) is 0. The van der Waals surface area contributed by atoms with Gasteiger partial charge < -0.3 is 18.4 Å². The summed E-state index contributed by atoms with van der Waals surface area (Å²) in [6.45, 7) is 8.17. The average molecular weight is 741 g/mol. The van der Waals surface area contributed by atoms with Gasteiger partial charge in [-0.1, -0.05) is 218 Å². The van der Waals surface area contributed by atoms with Crippen molar-refractivity contribution in [1.82, 2.24) is 0 Å². The first-order chi connectivity index (χ1) is 25.1. The van der Waals surface area contributed by atoms with Gasteiger partial charge in [-0.25, -0.2) is 0 Å². The Balaban J connectivity index is 3.20. The van der Waals surface area contributed by atoms with E-state index in [9.17, 15) is 4.79 Å². The Morgan fingerprint density at radius 1 is 0.333 bits per heavy atom. The maximum Gasteiger partial charge on any atom is 0.500 e. The zero-order valence-corrected chi connectivity index (χ0v) is 36.1. The van der Waals surface area contributed by atoms with E-state index in [1.807, 2.05) is 20.8 Å². The number of carboxylic acids is 1. The van der Waals surface area contributed by atoms with Crippen molar-refractivity contribution in [3.05, 3.63) is 0 Å². The van der Waals surface area contributed by atoms with Crippen LogP contribution in [0, 0.1) is 0 Å². The van der Waals surface area contributed by atoms with Gasteiger partial charge in [0.05, 0.1) is 0 Å². The molecule has 0 heterocycles. The molecule has 0 aliphatic rings. The molecule has 0 fully saturated rings. The molecular weight excluding hydrogens is 649 g/mol. The number of hydrogen-bond donors (Lipinski definition) is 1. The van der Waals surface area contributed by atoms with Crippen molar-refractivity contribution in [2.24, 2.45) is 0 Å². The lowest BCUT2D eigenvalue weighted by atomic mass is 10.0. The summed E-state index contributed by atoms with van der Waals surface area (Å²) in [4.78, 5) is 10.5. The van der Waals surface area contributed by atoms with Crippen LogP contribution in [0.5, 0.6) is 0 Å². The van der Waals surface area contributed by atoms with Crippen molar-refractivity contribution < 1.29 is 23.2 Å². The van der Waals surface area contributed by atoms with E-state index < -0.39 is 14.8 Å². The first kappa shape index (κ1) is 50.6. The van der Waals surface area contributed by atoms with E-state index >= 15 is 0 Å². The van der Waals surface area contributed by atoms with E-state index in [1.54, 1.807) is 0 Å². The number of unbranched alkanes of at least 4 members (excludes halogenated alkanes) is 35. The van der Waals surface area contributed by atoms with Gasteiger partial charge in [-0.15, -0.1) is 0 Å². The maximum atomic E-state index is 10.5. The first-order valence-corrected chi connectivity index (χ1v) is 25.2. The standard InChI is InChI=1S/C45H92O5Si/c1-4-48-51(49-5-2,50-6-3)44-42-40-38-36-34-32-30-28-26-24-22-20-18-16-14-12-10-8-7-9-11-13-15-17-19-21-23-25-27-29-31-33-35-37-39-41-43-45(46)47/h4-44H2,1-3H3,(H,46,47). The zero-order chi connectivity index (χ0) is 37.2. The van der Waals surface area contributed by atoms with Crippen LogP contribution in [0.1, 0.15) is 258 Å². The Labute approximate surface area is 321 Å². The molecule has 0 aliphatic carbocycles. The number of rotatable bonds is 45. The normalized spacial score (nSPS) is 11.9. The second-order valence-electron chi connectivity index (χ2n) is 15.6. The third kappa shape index (κ3) is 39.1. The Bertz CT molecular complexity index is 658. The number of hydrogen-bond acceptors (Lipinski definition) is 4. The summed E-state index contributed by atoms with van der Waals surface area (Å²) in [6, 6.07) is 0.968. The molecule has 0 saturated carbocycles. The molecule has 0 aromatic heterocycles. The van der Waals surface area contributed by atoms with Gasteiger partial charge in [0.1, 0.15) is 0 Å². The van der Waals surface area contributed by atoms with E-state index in [1.165, 1.54) is 218 Å². The molecule has 0 atom stereocenters. The first-order valence-electron chi connectivity index (χ1n) is 23.2. The van der Waals surface area contributed by atoms with Gasteiger partial charge in [0.15, 0.2) is 0 Å². The number of carbonyl (C=O) groups is 1. The summed E-state index contributed by atoms with van der Waals surface area (Å²) in [5.74, 6) is -0.650. The highest BCUT2D eigenvalue weighted by Crippen LogP contribution is 2.22. The van der Waals surface area contributed by atoms with Gasteiger partial charge >= 0.3 is 14.8 Å². The molecule has 0 aromatic carbocycles. The minimum atomic E-state index is -2.43. The monoisotopic (exact) mass is 741 g/mol. The smallest absolute Gasteiger partial charge is 0.481 e. The van der Waals surface area contributed by atoms with E-state index in [-0.39, 0.29) is 0 Å². The Morgan fingerprint density at radius 2 is 0.510 bits per heavy atom. The minimum absolute atomic E-state index is 0.343. The fourth-order valence-corrected chi connectivity index (χ4v) is 10.3. The van der Waals surface area contributed by atoms with Crippen LogP contribution >= 0.6 is 0 Å². The van der Waals surface area contributed by atoms with Crippen LogP contribution in [-0.2, 0) is 18.1 Å². The van der Waals surface area contributed by atoms with Crippen LogP contribution in [0.15, 0.2) is 0 Å². The number of carboxylic acid groups (broad SMARTS) is 1. The fourth-order valence-electron chi connectivity index (χ4n) is 7.63. The quantitative estimate of drug-likeness (QED) is 0.0497. The molecule has 0 aromatic rings. The molecule has 0 spiro atoms. The van der Waals surface area contributed by atoms with Crippen molar-refractivity contribution in [2.75, 3.05) is 19.8 Å². The van der Waals surface area contributed by atoms with Crippen molar-refractivity contribution in [1.29, 1.82) is 0 Å². The lowest BCUT2D eigenvalue weighted by molar-refractivity contribution is -0.137. The molecule has 0 saturated heterocycles. The maximum absolute atomic E-state index is 10.5. The number of aliphatic carboxylic acids is 1. The average Bonchev–Trinajstić information content (AvgIpc) is 3.11. The molecule has 51 heavy (non-hydrogen) atoms. The largest absolute Gasteiger partial charge is 0.500 e. The van der Waals surface area contributed by atoms with E-state index in [4.69, 9.17) is 18.4 Å². The highest BCUT2D eigenvalue weighted by atomic mass is 28.4. The topological polar surface area (TPSA) is 65.0 Å². The summed E-state index contributed by atoms with van der Waals surface area (Å²) in [6.07, 6.45) is 50.2. The van der Waals surface area contributed by atoms with Crippen LogP contribution in [-0.4, -0.2) is 39.7 Å². The second kappa shape index (κ2) is 42.3. The van der Waals surface area contributed by atoms with Gasteiger partial charge in [-0.3, -0.25) is 4.79 Å². The molecule has 5 nitrogen and oxygen atoms in total. The summed E-state index contributed by atoms with van der Waals surface area (Å²) < 4.78 is 17.9. The second-order valence-corrected chi connectivity index (χ2v) is 18.3. The van der Waals surface area contributed by atoms with Crippen molar-refractivity contribution in [3.63, 3.8) is 0 Å². The molecule has 0 amide bonds. The molecule has 6 heteroatoms. The summed E-state index contributed by atoms with van der Waals surface area (Å²) in [5, 5.41) is 8.66. The van der Waals surface area contributed by atoms with Crippen LogP contribution in [0.25, 0.3) is 0 Å². The Morgan fingerprint density at radius 3 is 0.686 bits per heavy atom. The minimum Gasteiger partial charge on any atom is -0.481 e. The van der Waals surface area contributed by atoms with Gasteiger partial charge in [-0.2, -0.15) is 0 Å². The Kier molecular flexibility index (Phi) is 42.0. The summed E-state index contributed by atoms with van der Waals surface area (Å²) in [7, 11) is -2.43. The summed E-state index contributed by atoms with van der Waals surface area (Å²) >= 11 is 0. The molecule has 0 bridgehead atoms. The molecule has 0 aliphatic heterocycles. The third-order valence-corrected chi connectivity index (χ3v) is 13.9. The van der Waals surface area contributed by atoms with Gasteiger partial charge in [-0.05, 0) is 33.6 Å². The van der Waals surface area contributed by atoms with E-state index in [2.05, 4.69) is 0 Å². The van der Waals surface area contributed by atoms with E-state index in [0.29, 0.717) is 26.2 Å². The van der Waals surface area contributed by atoms with Crippen LogP contribution in [0.4, 0.5) is 0 Å². The highest BCUT2D eigenvalue weighted by Gasteiger charge is 2.39. The lowest BCUT2D eigenvalue weighted by Crippen LogP contribution is -2.45. The van der Waals surface area contributed by atoms with Gasteiger partial charge in [0, 0.05) is 32.3 Å². The van der Waals surface area contributed by atoms with Crippen LogP contribution in [0.2, 0.25) is 6.04 Å². The van der Waals surface area contributed by atoms with Crippen LogP contribution < -0.4 is 0 Å². The lowest BCUT2D eigenvalue weighted by Gasteiger charge is -2.28. The predicted octanol–water partition coefficient (Wildman–Crippen LogP) is 15.6. The molecule has 0 radical (unpaired) electrons. The zero-order valence-electron chi connectivity index (χ0n) is 35.1. The molecule has 1 N–H and O–H groups in total. The third-order valence-electron chi connectivity index (χ3n) is 10.7. The van der Waals surface area contributed by atoms with Crippen molar-refractivity contribution in [3.8, 4) is 0 Å². The SMILES string of the molecule is CCO[Si](CCCCCCCCCCCCCCCCCCCCCCCCCCCCCCCCCCCCCCC(=O)O)(OCC)OCC. The van der Waals surface area contributed by atoms with E-state index in [0.717, 1.165) is 18.9 Å². The van der Waals surface area contributed by atoms with Gasteiger partial charge in [0.2, 0.25) is 0 Å². The van der Waals surface area contributed by atoms with Crippen molar-refractivity contribution in [2.45, 2.75) is 264 Å². The Hall–Kier alpha value is -0.433. The van der Waals surface area contributed by atoms with Crippen LogP contribution in [0.3, 0.4) is 0 Å². The van der Waals surface area contributed by atoms with Crippen molar-refractivity contribution >= 4 is 14.8 Å². The fraction of sp³-hybridized carbons (Fsp3) is 0.978. The molecule has 0 rings (SSSR count). The molecule has 306 valence electrons. The molecule has 0 unspecified atom stereocenters. The molecular formula is C45H92O5Si.